The fourth-order valence-corrected chi connectivity index (χ4v) is 1.62. The van der Waals surface area contributed by atoms with Crippen molar-refractivity contribution in [2.24, 2.45) is 5.92 Å². The lowest BCUT2D eigenvalue weighted by Gasteiger charge is -2.04. The topological polar surface area (TPSA) is 12.0 Å². The van der Waals surface area contributed by atoms with Crippen molar-refractivity contribution in [2.75, 3.05) is 0 Å². The standard InChI is InChI=1S/C11H13ClFN/c1-7-4-11(7)14-6-8-2-3-9(12)10(13)5-8/h2-3,5,7,11,14H,4,6H2,1H3/t7-,11-/m1/s1. The second-order valence-corrected chi connectivity index (χ2v) is 4.36. The molecule has 0 spiro atoms. The second kappa shape index (κ2) is 3.87. The summed E-state index contributed by atoms with van der Waals surface area (Å²) >= 11 is 5.58. The van der Waals surface area contributed by atoms with Gasteiger partial charge in [0.25, 0.3) is 0 Å². The molecule has 2 rings (SSSR count). The molecule has 1 aromatic rings. The molecule has 1 aliphatic rings. The van der Waals surface area contributed by atoms with Gasteiger partial charge in [0.2, 0.25) is 0 Å². The van der Waals surface area contributed by atoms with Crippen LogP contribution >= 0.6 is 11.6 Å². The van der Waals surface area contributed by atoms with Crippen LogP contribution in [-0.4, -0.2) is 6.04 Å². The van der Waals surface area contributed by atoms with Crippen molar-refractivity contribution in [1.82, 2.24) is 5.32 Å². The molecule has 0 aliphatic heterocycles. The van der Waals surface area contributed by atoms with E-state index in [2.05, 4.69) is 12.2 Å². The predicted octanol–water partition coefficient (Wildman–Crippen LogP) is 2.98. The van der Waals surface area contributed by atoms with Gasteiger partial charge in [0.05, 0.1) is 5.02 Å². The van der Waals surface area contributed by atoms with Gasteiger partial charge in [-0.2, -0.15) is 0 Å². The summed E-state index contributed by atoms with van der Waals surface area (Å²) in [5.74, 6) is 0.432. The van der Waals surface area contributed by atoms with Crippen molar-refractivity contribution in [3.05, 3.63) is 34.6 Å². The molecule has 0 radical (unpaired) electrons. The Bertz CT molecular complexity index is 340. The lowest BCUT2D eigenvalue weighted by molar-refractivity contribution is 0.616. The third-order valence-electron chi connectivity index (χ3n) is 2.66. The first-order valence-electron chi connectivity index (χ1n) is 4.84. The third kappa shape index (κ3) is 2.25. The quantitative estimate of drug-likeness (QED) is 0.814. The van der Waals surface area contributed by atoms with Crippen molar-refractivity contribution in [3.8, 4) is 0 Å². The average molecular weight is 214 g/mol. The van der Waals surface area contributed by atoms with Gasteiger partial charge in [-0.15, -0.1) is 0 Å². The van der Waals surface area contributed by atoms with Crippen LogP contribution in [0.3, 0.4) is 0 Å². The van der Waals surface area contributed by atoms with E-state index in [4.69, 9.17) is 11.6 Å². The zero-order chi connectivity index (χ0) is 10.1. The van der Waals surface area contributed by atoms with Crippen LogP contribution in [0.25, 0.3) is 0 Å². The molecule has 1 N–H and O–H groups in total. The van der Waals surface area contributed by atoms with Gasteiger partial charge in [0.1, 0.15) is 5.82 Å². The molecular weight excluding hydrogens is 201 g/mol. The first-order valence-corrected chi connectivity index (χ1v) is 5.22. The van der Waals surface area contributed by atoms with Gasteiger partial charge in [-0.3, -0.25) is 0 Å². The number of rotatable bonds is 3. The maximum absolute atomic E-state index is 13.0. The summed E-state index contributed by atoms with van der Waals surface area (Å²) in [6.45, 7) is 2.93. The molecule has 1 aromatic carbocycles. The molecule has 0 amide bonds. The maximum Gasteiger partial charge on any atom is 0.142 e. The van der Waals surface area contributed by atoms with Crippen molar-refractivity contribution in [2.45, 2.75) is 25.9 Å². The number of benzene rings is 1. The fourth-order valence-electron chi connectivity index (χ4n) is 1.51. The van der Waals surface area contributed by atoms with Crippen molar-refractivity contribution >= 4 is 11.6 Å². The molecule has 1 saturated carbocycles. The Morgan fingerprint density at radius 3 is 2.86 bits per heavy atom. The van der Waals surface area contributed by atoms with E-state index in [9.17, 15) is 4.39 Å². The molecule has 0 unspecified atom stereocenters. The molecule has 0 heterocycles. The molecule has 2 atom stereocenters. The molecule has 0 aromatic heterocycles. The van der Waals surface area contributed by atoms with Gasteiger partial charge in [-0.1, -0.05) is 24.6 Å². The molecule has 76 valence electrons. The van der Waals surface area contributed by atoms with E-state index in [1.54, 1.807) is 6.07 Å². The molecule has 3 heteroatoms. The molecule has 1 fully saturated rings. The second-order valence-electron chi connectivity index (χ2n) is 3.95. The summed E-state index contributed by atoms with van der Waals surface area (Å²) in [4.78, 5) is 0. The lowest BCUT2D eigenvalue weighted by atomic mass is 10.2. The zero-order valence-corrected chi connectivity index (χ0v) is 8.81. The van der Waals surface area contributed by atoms with E-state index in [0.717, 1.165) is 18.0 Å². The van der Waals surface area contributed by atoms with E-state index >= 15 is 0 Å². The van der Waals surface area contributed by atoms with Crippen LogP contribution in [0.1, 0.15) is 18.9 Å². The highest BCUT2D eigenvalue weighted by Gasteiger charge is 2.31. The largest absolute Gasteiger partial charge is 0.310 e. The Kier molecular flexibility index (Phi) is 2.75. The molecule has 1 nitrogen and oxygen atoms in total. The van der Waals surface area contributed by atoms with Crippen LogP contribution in [0.4, 0.5) is 4.39 Å². The zero-order valence-electron chi connectivity index (χ0n) is 8.06. The summed E-state index contributed by atoms with van der Waals surface area (Å²) in [5.41, 5.74) is 0.950. The van der Waals surface area contributed by atoms with Crippen molar-refractivity contribution in [1.29, 1.82) is 0 Å². The van der Waals surface area contributed by atoms with Crippen LogP contribution in [-0.2, 0) is 6.54 Å². The van der Waals surface area contributed by atoms with Gasteiger partial charge in [-0.05, 0) is 30.0 Å². The van der Waals surface area contributed by atoms with E-state index in [1.807, 2.05) is 6.07 Å². The maximum atomic E-state index is 13.0. The molecule has 1 aliphatic carbocycles. The number of hydrogen-bond acceptors (Lipinski definition) is 1. The molecule has 14 heavy (non-hydrogen) atoms. The lowest BCUT2D eigenvalue weighted by Crippen LogP contribution is -2.17. The monoisotopic (exact) mass is 213 g/mol. The predicted molar refractivity (Wildman–Crippen MR) is 55.8 cm³/mol. The first-order chi connectivity index (χ1) is 6.66. The summed E-state index contributed by atoms with van der Waals surface area (Å²) in [6.07, 6.45) is 1.23. The number of nitrogens with one attached hydrogen (secondary N) is 1. The SMILES string of the molecule is C[C@@H]1C[C@H]1NCc1ccc(Cl)c(F)c1. The summed E-state index contributed by atoms with van der Waals surface area (Å²) in [6, 6.07) is 5.56. The van der Waals surface area contributed by atoms with Crippen molar-refractivity contribution < 1.29 is 4.39 Å². The minimum Gasteiger partial charge on any atom is -0.310 e. The molecule has 0 bridgehead atoms. The van der Waals surface area contributed by atoms with Gasteiger partial charge in [0.15, 0.2) is 0 Å². The highest BCUT2D eigenvalue weighted by Crippen LogP contribution is 2.29. The third-order valence-corrected chi connectivity index (χ3v) is 2.97. The van der Waals surface area contributed by atoms with E-state index in [-0.39, 0.29) is 10.8 Å². The highest BCUT2D eigenvalue weighted by molar-refractivity contribution is 6.30. The smallest absolute Gasteiger partial charge is 0.142 e. The Hall–Kier alpha value is -0.600. The summed E-state index contributed by atoms with van der Waals surface area (Å²) < 4.78 is 13.0. The first kappa shape index (κ1) is 9.94. The van der Waals surface area contributed by atoms with Crippen LogP contribution in [0.15, 0.2) is 18.2 Å². The minimum absolute atomic E-state index is 0.188. The molecule has 0 saturated heterocycles. The normalized spacial score (nSPS) is 25.1. The average Bonchev–Trinajstić information content (AvgIpc) is 2.85. The van der Waals surface area contributed by atoms with Crippen LogP contribution < -0.4 is 5.32 Å². The highest BCUT2D eigenvalue weighted by atomic mass is 35.5. The fraction of sp³-hybridized carbons (Fsp3) is 0.455. The van der Waals surface area contributed by atoms with Crippen molar-refractivity contribution in [3.63, 3.8) is 0 Å². The van der Waals surface area contributed by atoms with E-state index < -0.39 is 0 Å². The summed E-state index contributed by atoms with van der Waals surface area (Å²) in [5, 5.41) is 3.55. The van der Waals surface area contributed by atoms with Crippen LogP contribution in [0.5, 0.6) is 0 Å². The Labute approximate surface area is 88.3 Å². The Balaban J connectivity index is 1.92. The van der Waals surface area contributed by atoms with Crippen LogP contribution in [0, 0.1) is 11.7 Å². The van der Waals surface area contributed by atoms with Gasteiger partial charge in [0, 0.05) is 12.6 Å². The van der Waals surface area contributed by atoms with Crippen LogP contribution in [0.2, 0.25) is 5.02 Å². The minimum atomic E-state index is -0.338. The number of halogens is 2. The Morgan fingerprint density at radius 2 is 2.29 bits per heavy atom. The number of hydrogen-bond donors (Lipinski definition) is 1. The van der Waals surface area contributed by atoms with Gasteiger partial charge in [-0.25, -0.2) is 4.39 Å². The Morgan fingerprint density at radius 1 is 1.57 bits per heavy atom. The summed E-state index contributed by atoms with van der Waals surface area (Å²) in [7, 11) is 0. The van der Waals surface area contributed by atoms with E-state index in [1.165, 1.54) is 12.5 Å². The van der Waals surface area contributed by atoms with E-state index in [0.29, 0.717) is 6.04 Å². The van der Waals surface area contributed by atoms with Gasteiger partial charge < -0.3 is 5.32 Å². The molecular formula is C11H13ClFN. The van der Waals surface area contributed by atoms with Gasteiger partial charge >= 0.3 is 0 Å².